The predicted octanol–water partition coefficient (Wildman–Crippen LogP) is 1.17. The molecule has 1 heterocycles. The third-order valence-electron chi connectivity index (χ3n) is 4.79. The zero-order valence-corrected chi connectivity index (χ0v) is 13.0. The molecule has 0 aromatic carbocycles. The number of nitrogens with zero attached hydrogens (tertiary/aromatic N) is 2. The van der Waals surface area contributed by atoms with Gasteiger partial charge in [0.1, 0.15) is 0 Å². The van der Waals surface area contributed by atoms with Crippen molar-refractivity contribution in [2.24, 2.45) is 17.6 Å². The highest BCUT2D eigenvalue weighted by Gasteiger charge is 2.40. The molecular formula is C14H27N3O2S. The number of nitrogens with two attached hydrogens (primary N) is 1. The Bertz CT molecular complexity index is 418. The normalized spacial score (nSPS) is 29.0. The van der Waals surface area contributed by atoms with E-state index in [0.717, 1.165) is 32.4 Å². The summed E-state index contributed by atoms with van der Waals surface area (Å²) in [5.41, 5.74) is 5.79. The molecule has 0 spiro atoms. The Labute approximate surface area is 122 Å². The Morgan fingerprint density at radius 1 is 1.00 bits per heavy atom. The summed E-state index contributed by atoms with van der Waals surface area (Å²) in [5, 5.41) is 0. The second kappa shape index (κ2) is 5.91. The summed E-state index contributed by atoms with van der Waals surface area (Å²) in [6.45, 7) is 2.55. The van der Waals surface area contributed by atoms with Crippen LogP contribution in [0.15, 0.2) is 0 Å². The molecule has 0 aromatic heterocycles. The second-order valence-electron chi connectivity index (χ2n) is 6.71. The molecule has 6 heteroatoms. The van der Waals surface area contributed by atoms with Gasteiger partial charge >= 0.3 is 0 Å². The molecule has 3 fully saturated rings. The van der Waals surface area contributed by atoms with Crippen LogP contribution in [0, 0.1) is 11.8 Å². The molecule has 2 saturated carbocycles. The number of hydrogen-bond acceptors (Lipinski definition) is 3. The molecule has 1 unspecified atom stereocenters. The fourth-order valence-electron chi connectivity index (χ4n) is 3.10. The Balaban J connectivity index is 1.74. The Kier molecular flexibility index (Phi) is 4.36. The molecule has 0 aromatic rings. The highest BCUT2D eigenvalue weighted by Crippen LogP contribution is 2.36. The lowest BCUT2D eigenvalue weighted by atomic mass is 10.1. The maximum absolute atomic E-state index is 13.0. The summed E-state index contributed by atoms with van der Waals surface area (Å²) in [5.74, 6) is 1.20. The van der Waals surface area contributed by atoms with Crippen LogP contribution in [0.2, 0.25) is 0 Å². The van der Waals surface area contributed by atoms with E-state index in [1.807, 2.05) is 0 Å². The first kappa shape index (κ1) is 14.8. The van der Waals surface area contributed by atoms with E-state index in [0.29, 0.717) is 24.9 Å². The van der Waals surface area contributed by atoms with Crippen molar-refractivity contribution in [3.63, 3.8) is 0 Å². The van der Waals surface area contributed by atoms with Gasteiger partial charge in [0.2, 0.25) is 0 Å². The van der Waals surface area contributed by atoms with Gasteiger partial charge in [-0.2, -0.15) is 17.0 Å². The van der Waals surface area contributed by atoms with Gasteiger partial charge in [-0.3, -0.25) is 0 Å². The van der Waals surface area contributed by atoms with Gasteiger partial charge in [-0.05, 0) is 50.4 Å². The van der Waals surface area contributed by atoms with Crippen LogP contribution in [0.4, 0.5) is 0 Å². The van der Waals surface area contributed by atoms with E-state index < -0.39 is 10.2 Å². The molecule has 20 heavy (non-hydrogen) atoms. The van der Waals surface area contributed by atoms with E-state index in [9.17, 15) is 8.42 Å². The first-order valence-corrected chi connectivity index (χ1v) is 9.48. The molecule has 0 bridgehead atoms. The molecule has 3 rings (SSSR count). The molecule has 116 valence electrons. The molecule has 0 radical (unpaired) electrons. The Morgan fingerprint density at radius 2 is 1.60 bits per heavy atom. The minimum absolute atomic E-state index is 0.00894. The third-order valence-corrected chi connectivity index (χ3v) is 6.81. The van der Waals surface area contributed by atoms with Crippen molar-refractivity contribution >= 4 is 10.2 Å². The molecule has 0 amide bonds. The van der Waals surface area contributed by atoms with E-state index >= 15 is 0 Å². The van der Waals surface area contributed by atoms with Crippen molar-refractivity contribution in [3.05, 3.63) is 0 Å². The van der Waals surface area contributed by atoms with E-state index in [2.05, 4.69) is 0 Å². The molecule has 1 saturated heterocycles. The fourth-order valence-corrected chi connectivity index (χ4v) is 5.12. The highest BCUT2D eigenvalue weighted by molar-refractivity contribution is 7.86. The molecule has 2 aliphatic carbocycles. The summed E-state index contributed by atoms with van der Waals surface area (Å²) in [6, 6.07) is 0.00894. The van der Waals surface area contributed by atoms with E-state index in [4.69, 9.17) is 5.73 Å². The third kappa shape index (κ3) is 3.35. The maximum Gasteiger partial charge on any atom is 0.282 e. The summed E-state index contributed by atoms with van der Waals surface area (Å²) in [4.78, 5) is 0. The van der Waals surface area contributed by atoms with Crippen molar-refractivity contribution in [1.82, 2.24) is 8.61 Å². The average molecular weight is 301 g/mol. The zero-order chi connectivity index (χ0) is 14.2. The highest BCUT2D eigenvalue weighted by atomic mass is 32.2. The quantitative estimate of drug-likeness (QED) is 0.767. The average Bonchev–Trinajstić information content (AvgIpc) is 3.33. The predicted molar refractivity (Wildman–Crippen MR) is 79.3 cm³/mol. The summed E-state index contributed by atoms with van der Waals surface area (Å²) < 4.78 is 29.4. The van der Waals surface area contributed by atoms with Gasteiger partial charge in [0.25, 0.3) is 10.2 Å². The Morgan fingerprint density at radius 3 is 2.10 bits per heavy atom. The minimum Gasteiger partial charge on any atom is -0.329 e. The summed E-state index contributed by atoms with van der Waals surface area (Å²) in [6.07, 6.45) is 7.74. The van der Waals surface area contributed by atoms with Gasteiger partial charge in [0, 0.05) is 32.2 Å². The first-order valence-electron chi connectivity index (χ1n) is 8.08. The lowest BCUT2D eigenvalue weighted by Gasteiger charge is -2.37. The summed E-state index contributed by atoms with van der Waals surface area (Å²) >= 11 is 0. The van der Waals surface area contributed by atoms with E-state index in [-0.39, 0.29) is 6.04 Å². The Hall–Kier alpha value is -0.170. The maximum atomic E-state index is 13.0. The van der Waals surface area contributed by atoms with Crippen molar-refractivity contribution in [2.45, 2.75) is 51.0 Å². The second-order valence-corrected chi connectivity index (χ2v) is 8.59. The van der Waals surface area contributed by atoms with Crippen LogP contribution in [0.1, 0.15) is 44.9 Å². The van der Waals surface area contributed by atoms with E-state index in [1.54, 1.807) is 8.61 Å². The number of rotatable bonds is 7. The van der Waals surface area contributed by atoms with Crippen LogP contribution >= 0.6 is 0 Å². The van der Waals surface area contributed by atoms with Gasteiger partial charge in [-0.15, -0.1) is 0 Å². The first-order chi connectivity index (χ1) is 9.61. The van der Waals surface area contributed by atoms with E-state index in [1.165, 1.54) is 25.7 Å². The standard InChI is InChI=1S/C14H27N3O2S/c15-9-14-3-1-2-8-17(14)20(18,19)16(10-12-4-5-12)11-13-6-7-13/h12-14H,1-11,15H2. The lowest BCUT2D eigenvalue weighted by Crippen LogP contribution is -2.53. The van der Waals surface area contributed by atoms with Crippen molar-refractivity contribution in [3.8, 4) is 0 Å². The van der Waals surface area contributed by atoms with Gasteiger partial charge in [0.05, 0.1) is 0 Å². The van der Waals surface area contributed by atoms with Crippen molar-refractivity contribution in [2.75, 3.05) is 26.2 Å². The minimum atomic E-state index is -3.31. The molecule has 1 atom stereocenters. The monoisotopic (exact) mass is 301 g/mol. The molecule has 3 aliphatic rings. The molecule has 5 nitrogen and oxygen atoms in total. The molecule has 2 N–H and O–H groups in total. The number of hydrogen-bond donors (Lipinski definition) is 1. The van der Waals surface area contributed by atoms with Crippen LogP contribution in [0.5, 0.6) is 0 Å². The lowest BCUT2D eigenvalue weighted by molar-refractivity contribution is 0.232. The largest absolute Gasteiger partial charge is 0.329 e. The van der Waals surface area contributed by atoms with Gasteiger partial charge < -0.3 is 5.73 Å². The summed E-state index contributed by atoms with van der Waals surface area (Å²) in [7, 11) is -3.31. The van der Waals surface area contributed by atoms with Crippen LogP contribution < -0.4 is 5.73 Å². The fraction of sp³-hybridized carbons (Fsp3) is 1.00. The van der Waals surface area contributed by atoms with Gasteiger partial charge in [0.15, 0.2) is 0 Å². The smallest absolute Gasteiger partial charge is 0.282 e. The van der Waals surface area contributed by atoms with Crippen molar-refractivity contribution < 1.29 is 8.42 Å². The van der Waals surface area contributed by atoms with Crippen LogP contribution in [-0.2, 0) is 10.2 Å². The van der Waals surface area contributed by atoms with Crippen LogP contribution in [-0.4, -0.2) is 49.2 Å². The van der Waals surface area contributed by atoms with Gasteiger partial charge in [-0.25, -0.2) is 0 Å². The van der Waals surface area contributed by atoms with Crippen LogP contribution in [0.3, 0.4) is 0 Å². The topological polar surface area (TPSA) is 66.6 Å². The number of piperidine rings is 1. The van der Waals surface area contributed by atoms with Crippen molar-refractivity contribution in [1.29, 1.82) is 0 Å². The molecular weight excluding hydrogens is 274 g/mol. The SMILES string of the molecule is NCC1CCCCN1S(=O)(=O)N(CC1CC1)CC1CC1. The zero-order valence-electron chi connectivity index (χ0n) is 12.2. The van der Waals surface area contributed by atoms with Gasteiger partial charge in [-0.1, -0.05) is 6.42 Å². The van der Waals surface area contributed by atoms with Crippen LogP contribution in [0.25, 0.3) is 0 Å². The molecule has 1 aliphatic heterocycles.